The fraction of sp³-hybridized carbons (Fsp3) is 0.944. The van der Waals surface area contributed by atoms with E-state index in [1.165, 1.54) is 218 Å². The minimum atomic E-state index is -0.755. The Hall–Kier alpha value is -1.59. The van der Waals surface area contributed by atoms with E-state index >= 15 is 0 Å². The second kappa shape index (κ2) is 53.5. The Bertz CT molecular complexity index is 849. The van der Waals surface area contributed by atoms with Crippen molar-refractivity contribution in [1.82, 2.24) is 0 Å². The minimum absolute atomic E-state index is 0.0703. The average Bonchev–Trinajstić information content (AvgIpc) is 3.25. The Kier molecular flexibility index (Phi) is 54.0. The monoisotopic (exact) mass is 851 g/mol. The summed E-state index contributed by atoms with van der Waals surface area (Å²) in [5, 5.41) is 0. The summed E-state index contributed by atoms with van der Waals surface area (Å²) in [5.74, 6) is -0.960. The minimum Gasteiger partial charge on any atom is -0.462 e. The van der Waals surface area contributed by atoms with Crippen LogP contribution in [-0.4, -0.2) is 37.2 Å². The van der Waals surface area contributed by atoms with E-state index in [0.717, 1.165) is 38.5 Å². The molecule has 0 aliphatic carbocycles. The van der Waals surface area contributed by atoms with Crippen molar-refractivity contribution < 1.29 is 28.6 Å². The quantitative estimate of drug-likeness (QED) is 0.0345. The maximum atomic E-state index is 12.5. The Morgan fingerprint density at radius 3 is 0.750 bits per heavy atom. The van der Waals surface area contributed by atoms with Crippen LogP contribution in [0.4, 0.5) is 0 Å². The molecule has 6 heteroatoms. The zero-order chi connectivity index (χ0) is 44.3. The van der Waals surface area contributed by atoms with Crippen molar-refractivity contribution in [1.29, 1.82) is 0 Å². The smallest absolute Gasteiger partial charge is 0.306 e. The summed E-state index contributed by atoms with van der Waals surface area (Å²) in [5.41, 5.74) is 0. The Morgan fingerprint density at radius 2 is 0.500 bits per heavy atom. The number of unbranched alkanes of at least 4 members (excludes halogenated alkanes) is 37. The highest BCUT2D eigenvalue weighted by Crippen LogP contribution is 2.16. The lowest BCUT2D eigenvalue weighted by Crippen LogP contribution is -2.30. The molecule has 0 fully saturated rings. The van der Waals surface area contributed by atoms with Crippen molar-refractivity contribution >= 4 is 17.9 Å². The van der Waals surface area contributed by atoms with Gasteiger partial charge in [-0.2, -0.15) is 0 Å². The van der Waals surface area contributed by atoms with Gasteiger partial charge in [-0.3, -0.25) is 14.4 Å². The second-order valence-corrected chi connectivity index (χ2v) is 18.1. The van der Waals surface area contributed by atoms with Gasteiger partial charge in [-0.05, 0) is 12.8 Å². The molecule has 0 aliphatic rings. The maximum Gasteiger partial charge on any atom is 0.306 e. The molecule has 0 aromatic rings. The van der Waals surface area contributed by atoms with Gasteiger partial charge in [0, 0.05) is 19.3 Å². The summed E-state index contributed by atoms with van der Waals surface area (Å²) in [6.07, 6.45) is 53.0. The number of ether oxygens (including phenoxy) is 3. The van der Waals surface area contributed by atoms with Crippen molar-refractivity contribution in [2.24, 2.45) is 0 Å². The topological polar surface area (TPSA) is 78.9 Å². The van der Waals surface area contributed by atoms with Crippen molar-refractivity contribution in [3.05, 3.63) is 0 Å². The molecule has 6 nitrogen and oxygen atoms in total. The lowest BCUT2D eigenvalue weighted by Gasteiger charge is -2.18. The Morgan fingerprint density at radius 1 is 0.283 bits per heavy atom. The van der Waals surface area contributed by atoms with Gasteiger partial charge >= 0.3 is 17.9 Å². The maximum absolute atomic E-state index is 12.5. The summed E-state index contributed by atoms with van der Waals surface area (Å²) < 4.78 is 16.2. The average molecular weight is 851 g/mol. The van der Waals surface area contributed by atoms with E-state index in [1.54, 1.807) is 6.92 Å². The number of carbonyl (C=O) groups excluding carboxylic acids is 3. The predicted octanol–water partition coefficient (Wildman–Crippen LogP) is 17.8. The van der Waals surface area contributed by atoms with Crippen LogP contribution in [0.2, 0.25) is 0 Å². The van der Waals surface area contributed by atoms with Crippen LogP contribution >= 0.6 is 0 Å². The number of hydrogen-bond acceptors (Lipinski definition) is 6. The van der Waals surface area contributed by atoms with E-state index in [4.69, 9.17) is 14.2 Å². The molecule has 0 saturated heterocycles. The fourth-order valence-electron chi connectivity index (χ4n) is 7.75. The zero-order valence-corrected chi connectivity index (χ0v) is 41.3. The van der Waals surface area contributed by atoms with Crippen LogP contribution in [0.5, 0.6) is 0 Å². The van der Waals surface area contributed by atoms with E-state index in [0.29, 0.717) is 12.8 Å². The second-order valence-electron chi connectivity index (χ2n) is 18.1. The molecule has 0 radical (unpaired) electrons. The van der Waals surface area contributed by atoms with Gasteiger partial charge in [0.05, 0.1) is 0 Å². The molecule has 0 bridgehead atoms. The van der Waals surface area contributed by atoms with E-state index in [1.807, 2.05) is 0 Å². The first kappa shape index (κ1) is 60.5. The third-order valence-electron chi connectivity index (χ3n) is 11.9. The molecule has 60 heavy (non-hydrogen) atoms. The van der Waals surface area contributed by atoms with Gasteiger partial charge in [-0.15, -0.1) is 0 Å². The SMILES string of the molecule is CCCCCCCCCCCC.CCCCCCCCCCCCCCCCCC(=O)OC[C@@H](COC(=O)CC)OC(=O)CCCCCCCCCCCCCCCCC. The Labute approximate surface area is 375 Å². The molecule has 0 aromatic heterocycles. The molecule has 0 heterocycles. The standard InChI is InChI=1S/C42H80O6.C12H26/c1-4-7-9-11-13-15-17-19-21-23-25-27-29-31-33-35-41(44)47-38-39(37-46-40(43)6-3)48-42(45)36-34-32-30-28-26-24-22-20-18-16-14-12-10-8-5-2;1-3-5-7-9-11-12-10-8-6-4-2/h39H,4-38H2,1-3H3;3-12H2,1-2H3/t39-;/m1./s1. The van der Waals surface area contributed by atoms with Gasteiger partial charge in [0.2, 0.25) is 0 Å². The summed E-state index contributed by atoms with van der Waals surface area (Å²) in [4.78, 5) is 36.5. The molecular weight excluding hydrogens is 745 g/mol. The van der Waals surface area contributed by atoms with Crippen molar-refractivity contribution in [3.63, 3.8) is 0 Å². The van der Waals surface area contributed by atoms with Gasteiger partial charge in [0.15, 0.2) is 6.10 Å². The number of rotatable bonds is 47. The molecule has 0 N–H and O–H groups in total. The lowest BCUT2D eigenvalue weighted by atomic mass is 10.0. The molecule has 0 unspecified atom stereocenters. The van der Waals surface area contributed by atoms with Crippen LogP contribution in [0.15, 0.2) is 0 Å². The summed E-state index contributed by atoms with van der Waals surface area (Å²) in [7, 11) is 0. The first-order chi connectivity index (χ1) is 29.4. The van der Waals surface area contributed by atoms with Gasteiger partial charge in [-0.25, -0.2) is 0 Å². The van der Waals surface area contributed by atoms with Crippen LogP contribution in [0, 0.1) is 0 Å². The van der Waals surface area contributed by atoms with Crippen LogP contribution in [0.25, 0.3) is 0 Å². The molecule has 0 spiro atoms. The molecule has 0 aromatic carbocycles. The van der Waals surface area contributed by atoms with E-state index < -0.39 is 6.10 Å². The van der Waals surface area contributed by atoms with Gasteiger partial charge < -0.3 is 14.2 Å². The highest BCUT2D eigenvalue weighted by molar-refractivity contribution is 5.71. The first-order valence-corrected chi connectivity index (χ1v) is 27.0. The van der Waals surface area contributed by atoms with E-state index in [9.17, 15) is 14.4 Å². The third-order valence-corrected chi connectivity index (χ3v) is 11.9. The zero-order valence-electron chi connectivity index (χ0n) is 41.3. The van der Waals surface area contributed by atoms with Crippen LogP contribution < -0.4 is 0 Å². The van der Waals surface area contributed by atoms with Crippen LogP contribution in [0.3, 0.4) is 0 Å². The molecule has 0 saturated carbocycles. The molecule has 0 amide bonds. The van der Waals surface area contributed by atoms with Crippen molar-refractivity contribution in [3.8, 4) is 0 Å². The predicted molar refractivity (Wildman–Crippen MR) is 259 cm³/mol. The van der Waals surface area contributed by atoms with Gasteiger partial charge in [-0.1, -0.05) is 279 Å². The highest BCUT2D eigenvalue weighted by atomic mass is 16.6. The first-order valence-electron chi connectivity index (χ1n) is 27.0. The van der Waals surface area contributed by atoms with Gasteiger partial charge in [0.1, 0.15) is 13.2 Å². The van der Waals surface area contributed by atoms with Crippen LogP contribution in [0.1, 0.15) is 311 Å². The molecular formula is C54H106O6. The summed E-state index contributed by atoms with van der Waals surface area (Å²) in [6, 6.07) is 0. The highest BCUT2D eigenvalue weighted by Gasteiger charge is 2.19. The van der Waals surface area contributed by atoms with Crippen LogP contribution in [-0.2, 0) is 28.6 Å². The fourth-order valence-corrected chi connectivity index (χ4v) is 7.75. The number of carbonyl (C=O) groups is 3. The Balaban J connectivity index is 0. The lowest BCUT2D eigenvalue weighted by molar-refractivity contribution is -0.166. The van der Waals surface area contributed by atoms with Gasteiger partial charge in [0.25, 0.3) is 0 Å². The largest absolute Gasteiger partial charge is 0.462 e. The normalized spacial score (nSPS) is 11.6. The molecule has 358 valence electrons. The summed E-state index contributed by atoms with van der Waals surface area (Å²) >= 11 is 0. The number of hydrogen-bond donors (Lipinski definition) is 0. The third kappa shape index (κ3) is 52.5. The molecule has 0 rings (SSSR count). The van der Waals surface area contributed by atoms with Crippen molar-refractivity contribution in [2.75, 3.05) is 13.2 Å². The van der Waals surface area contributed by atoms with Crippen molar-refractivity contribution in [2.45, 2.75) is 317 Å². The summed E-state index contributed by atoms with van der Waals surface area (Å²) in [6.45, 7) is 10.7. The van der Waals surface area contributed by atoms with E-state index in [2.05, 4.69) is 27.7 Å². The molecule has 0 aliphatic heterocycles. The number of esters is 3. The van der Waals surface area contributed by atoms with E-state index in [-0.39, 0.29) is 37.5 Å². The molecule has 1 atom stereocenters.